The van der Waals surface area contributed by atoms with Crippen molar-refractivity contribution in [3.05, 3.63) is 211 Å². The second-order valence-electron chi connectivity index (χ2n) is 13.9. The number of nitrogens with zero attached hydrogens (tertiary/aromatic N) is 1. The zero-order chi connectivity index (χ0) is 37.4. The predicted octanol–water partition coefficient (Wildman–Crippen LogP) is 14.0. The Bertz CT molecular complexity index is 3120. The van der Waals surface area contributed by atoms with Gasteiger partial charge in [-0.25, -0.2) is 0 Å². The van der Waals surface area contributed by atoms with Crippen LogP contribution in [0.1, 0.15) is 16.7 Å². The molecule has 0 saturated heterocycles. The standard InChI is InChI=1S/C52H34N2O2/c53-46(36-19-7-2-8-20-36)32-47(37-21-9-3-10-22-37)54-33-34-16-13-25-39(30-34)41-27-15-29-43-45-31-44-42-28-14-26-40(35-17-5-1-6-18-35)49(42)55-51(44)48(52(45)56-50(41)43)38-23-11-4-12-24-38/h1-33,53H/b47-32-,53-46?,54-33+. The van der Waals surface area contributed by atoms with E-state index in [4.69, 9.17) is 19.2 Å². The maximum atomic E-state index is 8.79. The van der Waals surface area contributed by atoms with Crippen LogP contribution in [0.5, 0.6) is 0 Å². The van der Waals surface area contributed by atoms with Gasteiger partial charge in [-0.15, -0.1) is 0 Å². The van der Waals surface area contributed by atoms with E-state index in [9.17, 15) is 0 Å². The fourth-order valence-corrected chi connectivity index (χ4v) is 7.69. The summed E-state index contributed by atoms with van der Waals surface area (Å²) in [5, 5.41) is 13.0. The summed E-state index contributed by atoms with van der Waals surface area (Å²) in [5.74, 6) is 0. The van der Waals surface area contributed by atoms with Crippen molar-refractivity contribution < 1.29 is 8.83 Å². The van der Waals surface area contributed by atoms with E-state index in [1.54, 1.807) is 0 Å². The molecule has 4 nitrogen and oxygen atoms in total. The first-order valence-corrected chi connectivity index (χ1v) is 18.7. The van der Waals surface area contributed by atoms with Gasteiger partial charge < -0.3 is 14.2 Å². The molecule has 0 unspecified atom stereocenters. The van der Waals surface area contributed by atoms with Gasteiger partial charge in [-0.05, 0) is 46.0 Å². The van der Waals surface area contributed by atoms with Crippen LogP contribution in [0.15, 0.2) is 208 Å². The first-order chi connectivity index (χ1) is 27.7. The zero-order valence-corrected chi connectivity index (χ0v) is 30.3. The van der Waals surface area contributed by atoms with Crippen LogP contribution in [0.3, 0.4) is 0 Å². The van der Waals surface area contributed by atoms with Crippen molar-refractivity contribution in [2.24, 2.45) is 4.99 Å². The van der Waals surface area contributed by atoms with Crippen LogP contribution in [0, 0.1) is 5.41 Å². The van der Waals surface area contributed by atoms with Gasteiger partial charge in [-0.2, -0.15) is 0 Å². The maximum absolute atomic E-state index is 8.79. The van der Waals surface area contributed by atoms with Crippen LogP contribution < -0.4 is 0 Å². The molecule has 10 aromatic rings. The molecule has 2 heterocycles. The van der Waals surface area contributed by atoms with Crippen LogP contribution >= 0.6 is 0 Å². The molecule has 2 aromatic heterocycles. The minimum Gasteiger partial charge on any atom is -0.455 e. The van der Waals surface area contributed by atoms with Crippen LogP contribution in [0.2, 0.25) is 0 Å². The fraction of sp³-hybridized carbons (Fsp3) is 0. The second kappa shape index (κ2) is 14.0. The fourth-order valence-electron chi connectivity index (χ4n) is 7.69. The third kappa shape index (κ3) is 5.90. The van der Waals surface area contributed by atoms with Crippen molar-refractivity contribution in [2.45, 2.75) is 0 Å². The number of nitrogens with one attached hydrogen (secondary N) is 1. The lowest BCUT2D eigenvalue weighted by Crippen LogP contribution is -1.96. The molecule has 0 atom stereocenters. The lowest BCUT2D eigenvalue weighted by molar-refractivity contribution is 0.659. The lowest BCUT2D eigenvalue weighted by atomic mass is 9.96. The SMILES string of the molecule is N=C(/C=C(\N=C\c1cccc(-c2cccc3c2oc2c(-c4ccccc4)c4oc5c(-c6ccccc6)cccc5c4cc23)c1)c1ccccc1)c1ccccc1. The number of para-hydroxylation sites is 2. The molecule has 0 fully saturated rings. The average molecular weight is 719 g/mol. The van der Waals surface area contributed by atoms with Gasteiger partial charge in [0.2, 0.25) is 0 Å². The molecule has 264 valence electrons. The summed E-state index contributed by atoms with van der Waals surface area (Å²) in [4.78, 5) is 4.94. The molecule has 0 radical (unpaired) electrons. The number of furan rings is 2. The Kier molecular flexibility index (Phi) is 8.27. The van der Waals surface area contributed by atoms with Gasteiger partial charge in [0, 0.05) is 44.4 Å². The molecule has 1 N–H and O–H groups in total. The number of allylic oxidation sites excluding steroid dienone is 1. The summed E-state index contributed by atoms with van der Waals surface area (Å²) in [6, 6.07) is 63.9. The van der Waals surface area contributed by atoms with E-state index in [1.807, 2.05) is 91.2 Å². The molecule has 10 rings (SSSR count). The van der Waals surface area contributed by atoms with Crippen molar-refractivity contribution >= 4 is 61.5 Å². The highest BCUT2D eigenvalue weighted by Crippen LogP contribution is 2.47. The van der Waals surface area contributed by atoms with Gasteiger partial charge in [0.05, 0.1) is 17.0 Å². The van der Waals surface area contributed by atoms with Crippen molar-refractivity contribution in [1.82, 2.24) is 0 Å². The molecule has 0 saturated carbocycles. The van der Waals surface area contributed by atoms with E-state index >= 15 is 0 Å². The molecule has 0 aliphatic heterocycles. The van der Waals surface area contributed by atoms with Crippen molar-refractivity contribution in [3.63, 3.8) is 0 Å². The minimum atomic E-state index is 0.401. The molecule has 0 bridgehead atoms. The second-order valence-corrected chi connectivity index (χ2v) is 13.9. The Labute approximate surface area is 323 Å². The van der Waals surface area contributed by atoms with Crippen molar-refractivity contribution in [3.8, 4) is 33.4 Å². The first-order valence-electron chi connectivity index (χ1n) is 18.7. The van der Waals surface area contributed by atoms with Gasteiger partial charge in [-0.1, -0.05) is 176 Å². The number of benzene rings is 8. The molecular weight excluding hydrogens is 685 g/mol. The molecule has 4 heteroatoms. The summed E-state index contributed by atoms with van der Waals surface area (Å²) in [6.45, 7) is 0. The Morgan fingerprint density at radius 2 is 0.929 bits per heavy atom. The molecular formula is C52H34N2O2. The molecule has 0 aliphatic rings. The zero-order valence-electron chi connectivity index (χ0n) is 30.3. The van der Waals surface area contributed by atoms with Gasteiger partial charge in [0.25, 0.3) is 0 Å². The molecule has 0 spiro atoms. The van der Waals surface area contributed by atoms with E-state index < -0.39 is 0 Å². The third-order valence-electron chi connectivity index (χ3n) is 10.4. The van der Waals surface area contributed by atoms with Crippen LogP contribution in [-0.4, -0.2) is 11.9 Å². The number of hydrogen-bond donors (Lipinski definition) is 1. The van der Waals surface area contributed by atoms with Gasteiger partial charge in [-0.3, -0.25) is 4.99 Å². The molecule has 56 heavy (non-hydrogen) atoms. The molecule has 0 aliphatic carbocycles. The highest BCUT2D eigenvalue weighted by atomic mass is 16.3. The topological polar surface area (TPSA) is 62.5 Å². The quantitative estimate of drug-likeness (QED) is 0.159. The summed E-state index contributed by atoms with van der Waals surface area (Å²) in [6.07, 6.45) is 3.70. The van der Waals surface area contributed by atoms with Crippen LogP contribution in [0.25, 0.3) is 83.0 Å². The normalized spacial score (nSPS) is 12.0. The Morgan fingerprint density at radius 3 is 1.54 bits per heavy atom. The summed E-state index contributed by atoms with van der Waals surface area (Å²) in [7, 11) is 0. The minimum absolute atomic E-state index is 0.401. The highest BCUT2D eigenvalue weighted by Gasteiger charge is 2.23. The monoisotopic (exact) mass is 718 g/mol. The Hall–Kier alpha value is -7.56. The largest absolute Gasteiger partial charge is 0.455 e. The number of fused-ring (bicyclic) bond motifs is 6. The summed E-state index contributed by atoms with van der Waals surface area (Å²) in [5.41, 5.74) is 13.3. The van der Waals surface area contributed by atoms with E-state index in [0.29, 0.717) is 11.4 Å². The highest BCUT2D eigenvalue weighted by molar-refractivity contribution is 6.24. The van der Waals surface area contributed by atoms with Crippen molar-refractivity contribution in [2.75, 3.05) is 0 Å². The summed E-state index contributed by atoms with van der Waals surface area (Å²) < 4.78 is 13.9. The average Bonchev–Trinajstić information content (AvgIpc) is 3.84. The smallest absolute Gasteiger partial charge is 0.147 e. The van der Waals surface area contributed by atoms with E-state index in [0.717, 1.165) is 93.9 Å². The first kappa shape index (κ1) is 33.0. The molecule has 8 aromatic carbocycles. The number of aliphatic imine (C=N–C) groups is 1. The van der Waals surface area contributed by atoms with E-state index in [2.05, 4.69) is 109 Å². The maximum Gasteiger partial charge on any atom is 0.147 e. The van der Waals surface area contributed by atoms with Crippen LogP contribution in [0.4, 0.5) is 0 Å². The lowest BCUT2D eigenvalue weighted by Gasteiger charge is -2.06. The molecule has 0 amide bonds. The Balaban J connectivity index is 1.11. The van der Waals surface area contributed by atoms with Gasteiger partial charge in [0.15, 0.2) is 0 Å². The van der Waals surface area contributed by atoms with E-state index in [1.165, 1.54) is 0 Å². The number of hydrogen-bond acceptors (Lipinski definition) is 4. The summed E-state index contributed by atoms with van der Waals surface area (Å²) >= 11 is 0. The van der Waals surface area contributed by atoms with Gasteiger partial charge in [0.1, 0.15) is 22.3 Å². The third-order valence-corrected chi connectivity index (χ3v) is 10.4. The predicted molar refractivity (Wildman–Crippen MR) is 233 cm³/mol. The van der Waals surface area contributed by atoms with E-state index in [-0.39, 0.29) is 0 Å². The van der Waals surface area contributed by atoms with Crippen LogP contribution in [-0.2, 0) is 0 Å². The number of rotatable bonds is 8. The van der Waals surface area contributed by atoms with Crippen molar-refractivity contribution in [1.29, 1.82) is 5.41 Å². The Morgan fingerprint density at radius 1 is 0.429 bits per heavy atom. The van der Waals surface area contributed by atoms with Gasteiger partial charge >= 0.3 is 0 Å².